The van der Waals surface area contributed by atoms with E-state index in [-0.39, 0.29) is 11.6 Å². The number of hydrogen-bond donors (Lipinski definition) is 3. The summed E-state index contributed by atoms with van der Waals surface area (Å²) in [7, 11) is 0. The fourth-order valence-corrected chi connectivity index (χ4v) is 2.38. The van der Waals surface area contributed by atoms with Crippen molar-refractivity contribution in [3.8, 4) is 0 Å². The van der Waals surface area contributed by atoms with Gasteiger partial charge in [0, 0.05) is 23.6 Å². The minimum absolute atomic E-state index is 0.251. The van der Waals surface area contributed by atoms with Crippen molar-refractivity contribution in [1.82, 2.24) is 4.98 Å². The summed E-state index contributed by atoms with van der Waals surface area (Å²) >= 11 is 0. The van der Waals surface area contributed by atoms with E-state index >= 15 is 0 Å². The van der Waals surface area contributed by atoms with Crippen LogP contribution in [0.2, 0.25) is 0 Å². The Morgan fingerprint density at radius 1 is 1.05 bits per heavy atom. The number of rotatable bonds is 4. The number of fused-ring (bicyclic) bond motifs is 1. The van der Waals surface area contributed by atoms with Crippen LogP contribution in [0.4, 0.5) is 20.2 Å². The third-order valence-electron chi connectivity index (χ3n) is 3.45. The van der Waals surface area contributed by atoms with Gasteiger partial charge in [0.1, 0.15) is 11.6 Å². The Hall–Kier alpha value is -2.56. The quantitative estimate of drug-likeness (QED) is 0.641. The third kappa shape index (κ3) is 2.81. The molecule has 3 rings (SSSR count). The fraction of sp³-hybridized carbons (Fsp3) is 0.125. The van der Waals surface area contributed by atoms with Crippen LogP contribution in [0.25, 0.3) is 10.9 Å². The van der Waals surface area contributed by atoms with Crippen molar-refractivity contribution >= 4 is 22.3 Å². The number of nitrogens with two attached hydrogens (primary N) is 1. The largest absolute Gasteiger partial charge is 0.397 e. The molecular formula is C16H15F2N3. The first-order chi connectivity index (χ1) is 10.1. The summed E-state index contributed by atoms with van der Waals surface area (Å²) in [4.78, 5) is 3.11. The van der Waals surface area contributed by atoms with Crippen molar-refractivity contribution < 1.29 is 8.78 Å². The molecule has 0 fully saturated rings. The molecular weight excluding hydrogens is 272 g/mol. The molecule has 0 unspecified atom stereocenters. The van der Waals surface area contributed by atoms with Crippen molar-refractivity contribution in [3.05, 3.63) is 59.8 Å². The molecule has 4 N–H and O–H groups in total. The molecule has 0 aliphatic carbocycles. The average molecular weight is 287 g/mol. The molecule has 0 saturated heterocycles. The number of halogens is 2. The maximum atomic E-state index is 13.3. The number of anilines is 2. The normalized spacial score (nSPS) is 11.0. The zero-order chi connectivity index (χ0) is 14.8. The standard InChI is InChI=1S/C16H15F2N3/c17-11-1-3-15-13(7-11)10(9-21-15)5-6-20-16-4-2-12(18)8-14(16)19/h1-4,7-9,20-21H,5-6,19H2. The van der Waals surface area contributed by atoms with Crippen molar-refractivity contribution in [1.29, 1.82) is 0 Å². The molecule has 0 spiro atoms. The van der Waals surface area contributed by atoms with Gasteiger partial charge in [0.25, 0.3) is 0 Å². The van der Waals surface area contributed by atoms with Gasteiger partial charge in [-0.3, -0.25) is 0 Å². The summed E-state index contributed by atoms with van der Waals surface area (Å²) in [6.07, 6.45) is 2.58. The van der Waals surface area contributed by atoms with Gasteiger partial charge in [-0.05, 0) is 48.4 Å². The van der Waals surface area contributed by atoms with E-state index in [4.69, 9.17) is 5.73 Å². The minimum Gasteiger partial charge on any atom is -0.397 e. The highest BCUT2D eigenvalue weighted by atomic mass is 19.1. The van der Waals surface area contributed by atoms with Crippen molar-refractivity contribution in [2.24, 2.45) is 0 Å². The van der Waals surface area contributed by atoms with Gasteiger partial charge in [-0.1, -0.05) is 0 Å². The number of nitrogens with one attached hydrogen (secondary N) is 2. The predicted molar refractivity (Wildman–Crippen MR) is 81.3 cm³/mol. The van der Waals surface area contributed by atoms with Gasteiger partial charge in [-0.15, -0.1) is 0 Å². The van der Waals surface area contributed by atoms with Gasteiger partial charge >= 0.3 is 0 Å². The zero-order valence-corrected chi connectivity index (χ0v) is 11.3. The van der Waals surface area contributed by atoms with Crippen molar-refractivity contribution in [2.75, 3.05) is 17.6 Å². The Labute approximate surface area is 120 Å². The van der Waals surface area contributed by atoms with Gasteiger partial charge in [0.05, 0.1) is 11.4 Å². The average Bonchev–Trinajstić information content (AvgIpc) is 2.84. The summed E-state index contributed by atoms with van der Waals surface area (Å²) in [5.74, 6) is -0.607. The van der Waals surface area contributed by atoms with Crippen LogP contribution in [0.1, 0.15) is 5.56 Å². The molecule has 0 aliphatic heterocycles. The minimum atomic E-state index is -0.356. The highest BCUT2D eigenvalue weighted by molar-refractivity contribution is 5.83. The van der Waals surface area contributed by atoms with Crippen molar-refractivity contribution in [2.45, 2.75) is 6.42 Å². The molecule has 3 nitrogen and oxygen atoms in total. The summed E-state index contributed by atoms with van der Waals surface area (Å²) in [5, 5.41) is 4.04. The van der Waals surface area contributed by atoms with E-state index in [1.165, 1.54) is 24.3 Å². The second kappa shape index (κ2) is 5.44. The first-order valence-electron chi connectivity index (χ1n) is 6.68. The maximum Gasteiger partial charge on any atom is 0.125 e. The van der Waals surface area contributed by atoms with E-state index in [1.807, 2.05) is 6.20 Å². The van der Waals surface area contributed by atoms with Crippen LogP contribution in [0.5, 0.6) is 0 Å². The summed E-state index contributed by atoms with van der Waals surface area (Å²) in [6, 6.07) is 8.93. The summed E-state index contributed by atoms with van der Waals surface area (Å²) in [5.41, 5.74) is 8.74. The second-order valence-corrected chi connectivity index (χ2v) is 4.91. The number of aromatic nitrogens is 1. The van der Waals surface area contributed by atoms with Crippen LogP contribution in [0, 0.1) is 11.6 Å². The lowest BCUT2D eigenvalue weighted by Crippen LogP contribution is -2.06. The molecule has 5 heteroatoms. The molecule has 2 aromatic carbocycles. The number of hydrogen-bond acceptors (Lipinski definition) is 2. The number of aromatic amines is 1. The molecule has 0 atom stereocenters. The van der Waals surface area contributed by atoms with E-state index in [0.717, 1.165) is 16.5 Å². The van der Waals surface area contributed by atoms with Gasteiger partial charge in [0.15, 0.2) is 0 Å². The SMILES string of the molecule is Nc1cc(F)ccc1NCCc1c[nH]c2ccc(F)cc12. The predicted octanol–water partition coefficient (Wildman–Crippen LogP) is 3.68. The lowest BCUT2D eigenvalue weighted by atomic mass is 10.1. The lowest BCUT2D eigenvalue weighted by molar-refractivity contribution is 0.628. The molecule has 0 radical (unpaired) electrons. The maximum absolute atomic E-state index is 13.3. The van der Waals surface area contributed by atoms with E-state index in [2.05, 4.69) is 10.3 Å². The smallest absolute Gasteiger partial charge is 0.125 e. The van der Waals surface area contributed by atoms with Crippen LogP contribution in [0.3, 0.4) is 0 Å². The molecule has 0 saturated carbocycles. The number of benzene rings is 2. The van der Waals surface area contributed by atoms with Gasteiger partial charge < -0.3 is 16.0 Å². The molecule has 1 heterocycles. The zero-order valence-electron chi connectivity index (χ0n) is 11.3. The molecule has 3 aromatic rings. The van der Waals surface area contributed by atoms with Gasteiger partial charge in [0.2, 0.25) is 0 Å². The van der Waals surface area contributed by atoms with Crippen LogP contribution >= 0.6 is 0 Å². The lowest BCUT2D eigenvalue weighted by Gasteiger charge is -2.09. The van der Waals surface area contributed by atoms with Gasteiger partial charge in [-0.25, -0.2) is 8.78 Å². The molecule has 0 amide bonds. The summed E-state index contributed by atoms with van der Waals surface area (Å²) < 4.78 is 26.2. The Morgan fingerprint density at radius 2 is 1.81 bits per heavy atom. The first kappa shape index (κ1) is 13.4. The van der Waals surface area contributed by atoms with E-state index in [1.54, 1.807) is 12.1 Å². The van der Waals surface area contributed by atoms with Crippen LogP contribution in [-0.2, 0) is 6.42 Å². The van der Waals surface area contributed by atoms with E-state index in [0.29, 0.717) is 24.3 Å². The topological polar surface area (TPSA) is 53.8 Å². The first-order valence-corrected chi connectivity index (χ1v) is 6.68. The second-order valence-electron chi connectivity index (χ2n) is 4.91. The monoisotopic (exact) mass is 287 g/mol. The Morgan fingerprint density at radius 3 is 2.62 bits per heavy atom. The number of H-pyrrole nitrogens is 1. The van der Waals surface area contributed by atoms with Crippen molar-refractivity contribution in [3.63, 3.8) is 0 Å². The highest BCUT2D eigenvalue weighted by Gasteiger charge is 2.05. The van der Waals surface area contributed by atoms with Crippen LogP contribution in [-0.4, -0.2) is 11.5 Å². The Kier molecular flexibility index (Phi) is 3.48. The Bertz CT molecular complexity index is 780. The molecule has 108 valence electrons. The van der Waals surface area contributed by atoms with Crippen LogP contribution in [0.15, 0.2) is 42.6 Å². The highest BCUT2D eigenvalue weighted by Crippen LogP contribution is 2.21. The van der Waals surface area contributed by atoms with Crippen LogP contribution < -0.4 is 11.1 Å². The van der Waals surface area contributed by atoms with E-state index in [9.17, 15) is 8.78 Å². The molecule has 0 aliphatic rings. The summed E-state index contributed by atoms with van der Waals surface area (Å²) in [6.45, 7) is 0.624. The van der Waals surface area contributed by atoms with E-state index < -0.39 is 0 Å². The third-order valence-corrected chi connectivity index (χ3v) is 3.45. The molecule has 1 aromatic heterocycles. The number of nitrogen functional groups attached to an aromatic ring is 1. The molecule has 0 bridgehead atoms. The molecule has 21 heavy (non-hydrogen) atoms. The Balaban J connectivity index is 1.70. The van der Waals surface area contributed by atoms with Gasteiger partial charge in [-0.2, -0.15) is 0 Å². The fourth-order valence-electron chi connectivity index (χ4n) is 2.38.